The van der Waals surface area contributed by atoms with Crippen molar-refractivity contribution in [2.75, 3.05) is 6.61 Å². The molecule has 2 nitrogen and oxygen atoms in total. The Kier molecular flexibility index (Phi) is 5.62. The first-order valence-electron chi connectivity index (χ1n) is 6.46. The molecule has 0 aromatic rings. The van der Waals surface area contributed by atoms with Crippen molar-refractivity contribution in [1.82, 2.24) is 0 Å². The Morgan fingerprint density at radius 3 is 2.60 bits per heavy atom. The van der Waals surface area contributed by atoms with Crippen LogP contribution in [0.3, 0.4) is 0 Å². The molecule has 1 heterocycles. The second-order valence-corrected chi connectivity index (χ2v) is 4.79. The zero-order valence-electron chi connectivity index (χ0n) is 10.7. The van der Waals surface area contributed by atoms with Crippen molar-refractivity contribution in [3.05, 3.63) is 0 Å². The van der Waals surface area contributed by atoms with Crippen molar-refractivity contribution >= 4 is 0 Å². The van der Waals surface area contributed by atoms with Gasteiger partial charge in [0.25, 0.3) is 0 Å². The van der Waals surface area contributed by atoms with Crippen molar-refractivity contribution in [1.29, 1.82) is 0 Å². The van der Waals surface area contributed by atoms with Gasteiger partial charge in [-0.15, -0.1) is 0 Å². The van der Waals surface area contributed by atoms with Crippen molar-refractivity contribution in [3.8, 4) is 0 Å². The molecule has 4 atom stereocenters. The van der Waals surface area contributed by atoms with Gasteiger partial charge in [0.1, 0.15) is 0 Å². The van der Waals surface area contributed by atoms with Crippen LogP contribution < -0.4 is 0 Å². The number of hydrogen-bond donors (Lipinski definition) is 0. The minimum atomic E-state index is 0.0450. The maximum Gasteiger partial charge on any atom is 0.160 e. The average molecular weight is 214 g/mol. The summed E-state index contributed by atoms with van der Waals surface area (Å²) < 4.78 is 11.7. The fraction of sp³-hybridized carbons (Fsp3) is 1.00. The summed E-state index contributed by atoms with van der Waals surface area (Å²) in [5.74, 6) is 1.30. The minimum Gasteiger partial charge on any atom is -0.352 e. The maximum atomic E-state index is 5.95. The predicted octanol–water partition coefficient (Wildman–Crippen LogP) is 3.60. The number of ether oxygens (including phenoxy) is 2. The van der Waals surface area contributed by atoms with Crippen LogP contribution in [-0.2, 0) is 9.47 Å². The van der Waals surface area contributed by atoms with Gasteiger partial charge < -0.3 is 9.47 Å². The molecule has 2 heteroatoms. The van der Waals surface area contributed by atoms with E-state index in [1.807, 2.05) is 0 Å². The molecule has 1 aliphatic rings. The SMILES string of the molecule is CCC(C)OC1OCCCC1C(C)CC. The summed E-state index contributed by atoms with van der Waals surface area (Å²) in [6.45, 7) is 9.72. The first kappa shape index (κ1) is 13.0. The fourth-order valence-corrected chi connectivity index (χ4v) is 2.10. The van der Waals surface area contributed by atoms with Gasteiger partial charge in [0, 0.05) is 12.5 Å². The molecule has 0 radical (unpaired) electrons. The molecule has 1 saturated heterocycles. The van der Waals surface area contributed by atoms with E-state index in [4.69, 9.17) is 9.47 Å². The zero-order valence-corrected chi connectivity index (χ0v) is 10.7. The Hall–Kier alpha value is -0.0800. The van der Waals surface area contributed by atoms with E-state index in [2.05, 4.69) is 27.7 Å². The van der Waals surface area contributed by atoms with Crippen LogP contribution in [0.25, 0.3) is 0 Å². The van der Waals surface area contributed by atoms with Crippen LogP contribution in [0.5, 0.6) is 0 Å². The molecule has 90 valence electrons. The highest BCUT2D eigenvalue weighted by atomic mass is 16.7. The molecule has 1 aliphatic heterocycles. The van der Waals surface area contributed by atoms with E-state index < -0.39 is 0 Å². The highest BCUT2D eigenvalue weighted by Gasteiger charge is 2.31. The molecule has 0 aromatic carbocycles. The molecule has 0 spiro atoms. The Bertz CT molecular complexity index is 170. The predicted molar refractivity (Wildman–Crippen MR) is 62.8 cm³/mol. The van der Waals surface area contributed by atoms with Crippen LogP contribution in [0.15, 0.2) is 0 Å². The van der Waals surface area contributed by atoms with E-state index in [1.54, 1.807) is 0 Å². The molecule has 0 N–H and O–H groups in total. The summed E-state index contributed by atoms with van der Waals surface area (Å²) in [7, 11) is 0. The lowest BCUT2D eigenvalue weighted by atomic mass is 9.86. The van der Waals surface area contributed by atoms with Crippen molar-refractivity contribution in [3.63, 3.8) is 0 Å². The zero-order chi connectivity index (χ0) is 11.3. The van der Waals surface area contributed by atoms with Crippen LogP contribution in [0.2, 0.25) is 0 Å². The lowest BCUT2D eigenvalue weighted by molar-refractivity contribution is -0.221. The molecular weight excluding hydrogens is 188 g/mol. The largest absolute Gasteiger partial charge is 0.352 e. The van der Waals surface area contributed by atoms with Crippen LogP contribution in [0, 0.1) is 11.8 Å². The Morgan fingerprint density at radius 2 is 2.00 bits per heavy atom. The molecule has 4 unspecified atom stereocenters. The summed E-state index contributed by atoms with van der Waals surface area (Å²) in [5.41, 5.74) is 0. The van der Waals surface area contributed by atoms with Crippen LogP contribution >= 0.6 is 0 Å². The van der Waals surface area contributed by atoms with E-state index in [9.17, 15) is 0 Å². The third-order valence-corrected chi connectivity index (χ3v) is 3.63. The molecule has 0 saturated carbocycles. The van der Waals surface area contributed by atoms with Gasteiger partial charge in [-0.05, 0) is 32.1 Å². The van der Waals surface area contributed by atoms with E-state index in [1.165, 1.54) is 19.3 Å². The lowest BCUT2D eigenvalue weighted by Crippen LogP contribution is -2.37. The van der Waals surface area contributed by atoms with Crippen LogP contribution in [0.1, 0.15) is 53.4 Å². The highest BCUT2D eigenvalue weighted by molar-refractivity contribution is 4.73. The Balaban J connectivity index is 2.49. The number of rotatable bonds is 5. The van der Waals surface area contributed by atoms with Crippen LogP contribution in [-0.4, -0.2) is 19.0 Å². The molecule has 0 bridgehead atoms. The van der Waals surface area contributed by atoms with Gasteiger partial charge in [-0.2, -0.15) is 0 Å². The smallest absolute Gasteiger partial charge is 0.160 e. The van der Waals surface area contributed by atoms with Gasteiger partial charge in [0.2, 0.25) is 0 Å². The minimum absolute atomic E-state index is 0.0450. The normalized spacial score (nSPS) is 31.2. The van der Waals surface area contributed by atoms with Gasteiger partial charge >= 0.3 is 0 Å². The molecule has 0 aliphatic carbocycles. The molecule has 1 fully saturated rings. The summed E-state index contributed by atoms with van der Waals surface area (Å²) in [6, 6.07) is 0. The fourth-order valence-electron chi connectivity index (χ4n) is 2.10. The lowest BCUT2D eigenvalue weighted by Gasteiger charge is -2.36. The average Bonchev–Trinajstić information content (AvgIpc) is 2.28. The second-order valence-electron chi connectivity index (χ2n) is 4.79. The molecule has 0 amide bonds. The number of hydrogen-bond acceptors (Lipinski definition) is 2. The molecule has 1 rings (SSSR count). The quantitative estimate of drug-likeness (QED) is 0.696. The molecular formula is C13H26O2. The standard InChI is InChI=1S/C13H26O2/c1-5-10(3)12-8-7-9-14-13(12)15-11(4)6-2/h10-13H,5-9H2,1-4H3. The molecule has 15 heavy (non-hydrogen) atoms. The van der Waals surface area contributed by atoms with E-state index in [0.717, 1.165) is 13.0 Å². The summed E-state index contributed by atoms with van der Waals surface area (Å²) >= 11 is 0. The monoisotopic (exact) mass is 214 g/mol. The van der Waals surface area contributed by atoms with Crippen LogP contribution in [0.4, 0.5) is 0 Å². The van der Waals surface area contributed by atoms with Gasteiger partial charge in [-0.3, -0.25) is 0 Å². The van der Waals surface area contributed by atoms with Crippen molar-refractivity contribution < 1.29 is 9.47 Å². The van der Waals surface area contributed by atoms with Gasteiger partial charge in [-0.1, -0.05) is 27.2 Å². The van der Waals surface area contributed by atoms with Crippen molar-refractivity contribution in [2.45, 2.75) is 65.8 Å². The van der Waals surface area contributed by atoms with E-state index in [0.29, 0.717) is 17.9 Å². The first-order chi connectivity index (χ1) is 7.19. The van der Waals surface area contributed by atoms with Gasteiger partial charge in [0.15, 0.2) is 6.29 Å². The van der Waals surface area contributed by atoms with E-state index >= 15 is 0 Å². The van der Waals surface area contributed by atoms with Crippen molar-refractivity contribution in [2.24, 2.45) is 11.8 Å². The highest BCUT2D eigenvalue weighted by Crippen LogP contribution is 2.31. The topological polar surface area (TPSA) is 18.5 Å². The first-order valence-corrected chi connectivity index (χ1v) is 6.46. The van der Waals surface area contributed by atoms with E-state index in [-0.39, 0.29) is 6.29 Å². The summed E-state index contributed by atoms with van der Waals surface area (Å²) in [6.07, 6.45) is 5.09. The molecule has 0 aromatic heterocycles. The Morgan fingerprint density at radius 1 is 1.27 bits per heavy atom. The van der Waals surface area contributed by atoms with Gasteiger partial charge in [-0.25, -0.2) is 0 Å². The summed E-state index contributed by atoms with van der Waals surface area (Å²) in [4.78, 5) is 0. The third-order valence-electron chi connectivity index (χ3n) is 3.63. The second kappa shape index (κ2) is 6.49. The Labute approximate surface area is 94.3 Å². The maximum absolute atomic E-state index is 5.95. The van der Waals surface area contributed by atoms with Gasteiger partial charge in [0.05, 0.1) is 6.10 Å². The summed E-state index contributed by atoms with van der Waals surface area (Å²) in [5, 5.41) is 0. The third kappa shape index (κ3) is 3.76.